The molecule has 0 saturated heterocycles. The molecule has 1 fully saturated rings. The molecule has 6 N–H and O–H groups in total. The van der Waals surface area contributed by atoms with Gasteiger partial charge in [0, 0.05) is 12.1 Å². The summed E-state index contributed by atoms with van der Waals surface area (Å²) in [5, 5.41) is 17.0. The van der Waals surface area contributed by atoms with Gasteiger partial charge in [-0.25, -0.2) is 0 Å². The number of nitrogens with two attached hydrogens (primary N) is 1. The summed E-state index contributed by atoms with van der Waals surface area (Å²) < 4.78 is 5.70. The molecular weight excluding hydrogens is 649 g/mol. The van der Waals surface area contributed by atoms with Crippen LogP contribution in [-0.2, 0) is 27.3 Å². The Kier molecular flexibility index (Phi) is 14.7. The molecule has 0 heterocycles. The summed E-state index contributed by atoms with van der Waals surface area (Å²) in [6, 6.07) is 20.6. The predicted octanol–water partition coefficient (Wildman–Crippen LogP) is 5.43. The molecular formula is C34H40Cl3N5O4. The van der Waals surface area contributed by atoms with Gasteiger partial charge in [-0.05, 0) is 48.4 Å². The van der Waals surface area contributed by atoms with Crippen LogP contribution in [0.1, 0.15) is 48.8 Å². The van der Waals surface area contributed by atoms with E-state index in [2.05, 4.69) is 16.0 Å². The molecule has 3 aromatic carbocycles. The topological polar surface area (TPSA) is 146 Å². The van der Waals surface area contributed by atoms with Gasteiger partial charge >= 0.3 is 0 Å². The van der Waals surface area contributed by atoms with Crippen LogP contribution >= 0.6 is 35.6 Å². The lowest BCUT2D eigenvalue weighted by Crippen LogP contribution is -2.55. The molecule has 2 atom stereocenters. The van der Waals surface area contributed by atoms with Crippen molar-refractivity contribution in [3.05, 3.63) is 99.5 Å². The number of benzene rings is 3. The van der Waals surface area contributed by atoms with Crippen molar-refractivity contribution in [2.75, 3.05) is 13.2 Å². The van der Waals surface area contributed by atoms with Gasteiger partial charge in [0.25, 0.3) is 0 Å². The molecule has 0 aromatic heterocycles. The molecule has 12 heteroatoms. The molecule has 9 nitrogen and oxygen atoms in total. The second-order valence-corrected chi connectivity index (χ2v) is 11.9. The molecule has 46 heavy (non-hydrogen) atoms. The van der Waals surface area contributed by atoms with E-state index >= 15 is 0 Å². The van der Waals surface area contributed by atoms with Gasteiger partial charge in [-0.2, -0.15) is 0 Å². The average Bonchev–Trinajstić information content (AvgIpc) is 3.06. The lowest BCUT2D eigenvalue weighted by atomic mass is 9.83. The van der Waals surface area contributed by atoms with Gasteiger partial charge < -0.3 is 26.4 Å². The first-order chi connectivity index (χ1) is 21.7. The molecule has 1 aliphatic rings. The predicted molar refractivity (Wildman–Crippen MR) is 184 cm³/mol. The molecule has 0 spiro atoms. The van der Waals surface area contributed by atoms with Crippen LogP contribution in [0.5, 0.6) is 5.75 Å². The van der Waals surface area contributed by atoms with E-state index in [9.17, 15) is 14.4 Å². The van der Waals surface area contributed by atoms with Crippen LogP contribution < -0.4 is 26.4 Å². The van der Waals surface area contributed by atoms with Gasteiger partial charge in [-0.15, -0.1) is 12.4 Å². The molecule has 0 bridgehead atoms. The monoisotopic (exact) mass is 687 g/mol. The van der Waals surface area contributed by atoms with Crippen LogP contribution in [0, 0.1) is 17.2 Å². The second-order valence-electron chi connectivity index (χ2n) is 11.1. The van der Waals surface area contributed by atoms with E-state index in [-0.39, 0.29) is 56.2 Å². The zero-order valence-electron chi connectivity index (χ0n) is 25.4. The summed E-state index contributed by atoms with van der Waals surface area (Å²) in [5.41, 5.74) is 7.77. The number of halogens is 3. The molecule has 1 saturated carbocycles. The number of amides is 3. The van der Waals surface area contributed by atoms with Crippen molar-refractivity contribution in [2.24, 2.45) is 17.6 Å². The summed E-state index contributed by atoms with van der Waals surface area (Å²) in [7, 11) is 0. The Hall–Kier alpha value is -3.79. The zero-order valence-corrected chi connectivity index (χ0v) is 27.7. The SMILES string of the molecule is Cl.N=C(N)c1ccc(CC(C(=O)NCc2ccccc2)C(=O)N[C@H](C(=O)NCCOc2cccc(Cl)c2Cl)C2CCCCC2)cc1. The maximum Gasteiger partial charge on any atom is 0.242 e. The first-order valence-corrected chi connectivity index (χ1v) is 15.9. The Morgan fingerprint density at radius 3 is 2.22 bits per heavy atom. The normalized spacial score (nSPS) is 14.2. The first kappa shape index (κ1) is 36.7. The third kappa shape index (κ3) is 10.6. The Balaban J connectivity index is 0.00000576. The van der Waals surface area contributed by atoms with Crippen LogP contribution in [0.3, 0.4) is 0 Å². The Bertz CT molecular complexity index is 1470. The maximum absolute atomic E-state index is 13.9. The molecule has 1 unspecified atom stereocenters. The van der Waals surface area contributed by atoms with E-state index in [0.717, 1.165) is 43.2 Å². The average molecular weight is 689 g/mol. The number of hydrogen-bond donors (Lipinski definition) is 5. The van der Waals surface area contributed by atoms with Crippen molar-refractivity contribution in [1.82, 2.24) is 16.0 Å². The van der Waals surface area contributed by atoms with Crippen molar-refractivity contribution >= 4 is 59.2 Å². The summed E-state index contributed by atoms with van der Waals surface area (Å²) in [6.45, 7) is 0.595. The largest absolute Gasteiger partial charge is 0.490 e. The van der Waals surface area contributed by atoms with Gasteiger partial charge in [-0.3, -0.25) is 19.8 Å². The zero-order chi connectivity index (χ0) is 32.2. The Morgan fingerprint density at radius 1 is 0.848 bits per heavy atom. The van der Waals surface area contributed by atoms with E-state index in [1.807, 2.05) is 30.3 Å². The van der Waals surface area contributed by atoms with E-state index < -0.39 is 23.8 Å². The summed E-state index contributed by atoms with van der Waals surface area (Å²) in [6.07, 6.45) is 4.70. The number of hydrogen-bond acceptors (Lipinski definition) is 5. The standard InChI is InChI=1S/C34H39Cl2N5O4.ClH/c35-27-12-7-13-28(29(27)36)45-19-18-39-34(44)30(24-10-5-2-6-11-24)41-33(43)26(20-22-14-16-25(17-15-22)31(37)38)32(42)40-21-23-8-3-1-4-9-23;/h1,3-4,7-9,12-17,24,26,30H,2,5-6,10-11,18-21H2,(H3,37,38)(H,39,44)(H,40,42)(H,41,43);1H/t26?,30-;/m0./s1. The minimum Gasteiger partial charge on any atom is -0.490 e. The third-order valence-corrected chi connectivity index (χ3v) is 8.73. The molecule has 4 rings (SSSR count). The van der Waals surface area contributed by atoms with Crippen LogP contribution in [0.2, 0.25) is 10.0 Å². The smallest absolute Gasteiger partial charge is 0.242 e. The quantitative estimate of drug-likeness (QED) is 0.0663. The van der Waals surface area contributed by atoms with Crippen molar-refractivity contribution in [1.29, 1.82) is 5.41 Å². The molecule has 0 radical (unpaired) electrons. The summed E-state index contributed by atoms with van der Waals surface area (Å²) in [5.74, 6) is -2.11. The Labute approximate surface area is 285 Å². The molecule has 246 valence electrons. The number of ether oxygens (including phenoxy) is 1. The van der Waals surface area contributed by atoms with Crippen molar-refractivity contribution in [3.63, 3.8) is 0 Å². The highest BCUT2D eigenvalue weighted by atomic mass is 35.5. The van der Waals surface area contributed by atoms with Crippen LogP contribution in [0.25, 0.3) is 0 Å². The van der Waals surface area contributed by atoms with E-state index in [1.165, 1.54) is 0 Å². The van der Waals surface area contributed by atoms with Gasteiger partial charge in [0.05, 0.1) is 11.6 Å². The number of carbonyl (C=O) groups excluding carboxylic acids is 3. The lowest BCUT2D eigenvalue weighted by Gasteiger charge is -2.31. The van der Waals surface area contributed by atoms with Gasteiger partial charge in [0.1, 0.15) is 35.2 Å². The summed E-state index contributed by atoms with van der Waals surface area (Å²) >= 11 is 12.3. The first-order valence-electron chi connectivity index (χ1n) is 15.1. The lowest BCUT2D eigenvalue weighted by molar-refractivity contribution is -0.138. The fourth-order valence-electron chi connectivity index (χ4n) is 5.43. The van der Waals surface area contributed by atoms with Crippen molar-refractivity contribution < 1.29 is 19.1 Å². The number of rotatable bonds is 14. The van der Waals surface area contributed by atoms with Gasteiger partial charge in [-0.1, -0.05) is 103 Å². The minimum absolute atomic E-state index is 0. The Morgan fingerprint density at radius 2 is 1.54 bits per heavy atom. The fraction of sp³-hybridized carbons (Fsp3) is 0.353. The third-order valence-electron chi connectivity index (χ3n) is 7.92. The highest BCUT2D eigenvalue weighted by Gasteiger charge is 2.35. The number of carbonyl (C=O) groups is 3. The number of nitrogens with one attached hydrogen (secondary N) is 4. The van der Waals surface area contributed by atoms with Crippen molar-refractivity contribution in [3.8, 4) is 5.75 Å². The molecule has 1 aliphatic carbocycles. The number of amidine groups is 1. The number of nitrogen functional groups attached to an aromatic ring is 1. The highest BCUT2D eigenvalue weighted by molar-refractivity contribution is 6.42. The molecule has 0 aliphatic heterocycles. The van der Waals surface area contributed by atoms with E-state index in [1.54, 1.807) is 42.5 Å². The highest BCUT2D eigenvalue weighted by Crippen LogP contribution is 2.31. The fourth-order valence-corrected chi connectivity index (χ4v) is 5.77. The van der Waals surface area contributed by atoms with Crippen molar-refractivity contribution in [2.45, 2.75) is 51.1 Å². The second kappa shape index (κ2) is 18.4. The minimum atomic E-state index is -1.09. The van der Waals surface area contributed by atoms with Gasteiger partial charge in [0.2, 0.25) is 17.7 Å². The van der Waals surface area contributed by atoms with E-state index in [0.29, 0.717) is 21.4 Å². The van der Waals surface area contributed by atoms with Crippen LogP contribution in [0.15, 0.2) is 72.8 Å². The van der Waals surface area contributed by atoms with Crippen LogP contribution in [0.4, 0.5) is 0 Å². The van der Waals surface area contributed by atoms with Gasteiger partial charge in [0.15, 0.2) is 0 Å². The molecule has 3 aromatic rings. The maximum atomic E-state index is 13.9. The van der Waals surface area contributed by atoms with E-state index in [4.69, 9.17) is 39.1 Å². The van der Waals surface area contributed by atoms with Crippen LogP contribution in [-0.4, -0.2) is 42.8 Å². The summed E-state index contributed by atoms with van der Waals surface area (Å²) in [4.78, 5) is 40.9. The molecule has 3 amide bonds.